The first-order valence-electron chi connectivity index (χ1n) is 6.04. The van der Waals surface area contributed by atoms with Crippen molar-refractivity contribution in [1.82, 2.24) is 0 Å². The fraction of sp³-hybridized carbons (Fsp3) is 0.357. The van der Waals surface area contributed by atoms with Gasteiger partial charge < -0.3 is 5.73 Å². The maximum atomic E-state index is 12.3. The van der Waals surface area contributed by atoms with Gasteiger partial charge in [-0.1, -0.05) is 18.2 Å². The SMILES string of the molecule is NC(=O)c1ccccc1C(=O)C1CCC(=O)CC1. The molecule has 0 aliphatic heterocycles. The summed E-state index contributed by atoms with van der Waals surface area (Å²) < 4.78 is 0. The molecular weight excluding hydrogens is 230 g/mol. The lowest BCUT2D eigenvalue weighted by atomic mass is 9.82. The molecule has 0 atom stereocenters. The van der Waals surface area contributed by atoms with Gasteiger partial charge in [0.1, 0.15) is 5.78 Å². The molecule has 2 rings (SSSR count). The van der Waals surface area contributed by atoms with E-state index in [1.165, 1.54) is 0 Å². The minimum Gasteiger partial charge on any atom is -0.366 e. The molecule has 18 heavy (non-hydrogen) atoms. The van der Waals surface area contributed by atoms with Crippen LogP contribution in [0.25, 0.3) is 0 Å². The predicted molar refractivity (Wildman–Crippen MR) is 66.3 cm³/mol. The Morgan fingerprint density at radius 3 is 2.17 bits per heavy atom. The zero-order valence-electron chi connectivity index (χ0n) is 10.0. The van der Waals surface area contributed by atoms with Crippen LogP contribution in [0.3, 0.4) is 0 Å². The summed E-state index contributed by atoms with van der Waals surface area (Å²) in [4.78, 5) is 34.7. The van der Waals surface area contributed by atoms with Crippen LogP contribution in [-0.4, -0.2) is 17.5 Å². The highest BCUT2D eigenvalue weighted by molar-refractivity contribution is 6.08. The fourth-order valence-electron chi connectivity index (χ4n) is 2.33. The summed E-state index contributed by atoms with van der Waals surface area (Å²) in [6, 6.07) is 6.58. The Balaban J connectivity index is 2.23. The lowest BCUT2D eigenvalue weighted by Gasteiger charge is -2.20. The van der Waals surface area contributed by atoms with Gasteiger partial charge in [-0.3, -0.25) is 14.4 Å². The molecule has 1 aromatic carbocycles. The molecule has 0 unspecified atom stereocenters. The minimum absolute atomic E-state index is 0.0723. The molecule has 1 aromatic rings. The van der Waals surface area contributed by atoms with Gasteiger partial charge in [0.25, 0.3) is 0 Å². The monoisotopic (exact) mass is 245 g/mol. The number of hydrogen-bond acceptors (Lipinski definition) is 3. The van der Waals surface area contributed by atoms with Crippen LogP contribution >= 0.6 is 0 Å². The van der Waals surface area contributed by atoms with Gasteiger partial charge >= 0.3 is 0 Å². The molecule has 0 radical (unpaired) electrons. The summed E-state index contributed by atoms with van der Waals surface area (Å²) in [5, 5.41) is 0. The first-order chi connectivity index (χ1) is 8.59. The van der Waals surface area contributed by atoms with Gasteiger partial charge in [-0.2, -0.15) is 0 Å². The number of amides is 1. The number of carbonyl (C=O) groups excluding carboxylic acids is 3. The number of hydrogen-bond donors (Lipinski definition) is 1. The van der Waals surface area contributed by atoms with Crippen molar-refractivity contribution in [1.29, 1.82) is 0 Å². The summed E-state index contributed by atoms with van der Waals surface area (Å²) in [5.74, 6) is -0.617. The van der Waals surface area contributed by atoms with E-state index in [2.05, 4.69) is 0 Å². The molecule has 1 saturated carbocycles. The fourth-order valence-corrected chi connectivity index (χ4v) is 2.33. The topological polar surface area (TPSA) is 77.2 Å². The minimum atomic E-state index is -0.592. The number of Topliss-reactive ketones (excluding diaryl/α,β-unsaturated/α-hetero) is 2. The number of benzene rings is 1. The molecular formula is C14H15NO3. The Morgan fingerprint density at radius 2 is 1.61 bits per heavy atom. The highest BCUT2D eigenvalue weighted by Crippen LogP contribution is 2.26. The van der Waals surface area contributed by atoms with Crippen molar-refractivity contribution in [3.05, 3.63) is 35.4 Å². The van der Waals surface area contributed by atoms with Crippen molar-refractivity contribution in [2.75, 3.05) is 0 Å². The van der Waals surface area contributed by atoms with E-state index in [9.17, 15) is 14.4 Å². The highest BCUT2D eigenvalue weighted by atomic mass is 16.1. The van der Waals surface area contributed by atoms with E-state index >= 15 is 0 Å². The van der Waals surface area contributed by atoms with Gasteiger partial charge in [0.2, 0.25) is 5.91 Å². The van der Waals surface area contributed by atoms with Crippen molar-refractivity contribution in [2.45, 2.75) is 25.7 Å². The van der Waals surface area contributed by atoms with Crippen LogP contribution in [0.1, 0.15) is 46.4 Å². The van der Waals surface area contributed by atoms with Crippen molar-refractivity contribution >= 4 is 17.5 Å². The molecule has 0 aromatic heterocycles. The summed E-state index contributed by atoms with van der Waals surface area (Å²) in [6.45, 7) is 0. The summed E-state index contributed by atoms with van der Waals surface area (Å²) in [7, 11) is 0. The predicted octanol–water partition coefficient (Wildman–Crippen LogP) is 1.73. The highest BCUT2D eigenvalue weighted by Gasteiger charge is 2.27. The van der Waals surface area contributed by atoms with E-state index in [0.717, 1.165) is 0 Å². The number of nitrogens with two attached hydrogens (primary N) is 1. The Kier molecular flexibility index (Phi) is 3.55. The van der Waals surface area contributed by atoms with E-state index < -0.39 is 5.91 Å². The third-order valence-corrected chi connectivity index (χ3v) is 3.37. The third kappa shape index (κ3) is 2.47. The van der Waals surface area contributed by atoms with Crippen LogP contribution in [0.15, 0.2) is 24.3 Å². The molecule has 4 nitrogen and oxygen atoms in total. The molecule has 2 N–H and O–H groups in total. The van der Waals surface area contributed by atoms with Crippen molar-refractivity contribution < 1.29 is 14.4 Å². The summed E-state index contributed by atoms with van der Waals surface area (Å²) in [6.07, 6.45) is 2.06. The molecule has 4 heteroatoms. The molecule has 1 aliphatic rings. The van der Waals surface area contributed by atoms with Crippen LogP contribution in [0, 0.1) is 5.92 Å². The van der Waals surface area contributed by atoms with Crippen molar-refractivity contribution in [3.63, 3.8) is 0 Å². The average molecular weight is 245 g/mol. The van der Waals surface area contributed by atoms with Crippen molar-refractivity contribution in [3.8, 4) is 0 Å². The Hall–Kier alpha value is -1.97. The maximum Gasteiger partial charge on any atom is 0.249 e. The Morgan fingerprint density at radius 1 is 1.06 bits per heavy atom. The molecule has 94 valence electrons. The van der Waals surface area contributed by atoms with Gasteiger partial charge in [-0.05, 0) is 18.9 Å². The first-order valence-corrected chi connectivity index (χ1v) is 6.04. The van der Waals surface area contributed by atoms with Crippen LogP contribution < -0.4 is 5.73 Å². The van der Waals surface area contributed by atoms with E-state index in [0.29, 0.717) is 31.2 Å². The third-order valence-electron chi connectivity index (χ3n) is 3.37. The lowest BCUT2D eigenvalue weighted by molar-refractivity contribution is -0.120. The van der Waals surface area contributed by atoms with Crippen molar-refractivity contribution in [2.24, 2.45) is 11.7 Å². The molecule has 0 bridgehead atoms. The van der Waals surface area contributed by atoms with Gasteiger partial charge in [0.15, 0.2) is 5.78 Å². The van der Waals surface area contributed by atoms with Gasteiger partial charge in [-0.15, -0.1) is 0 Å². The van der Waals surface area contributed by atoms with Crippen LogP contribution in [0.2, 0.25) is 0 Å². The number of primary amides is 1. The molecule has 0 heterocycles. The number of carbonyl (C=O) groups is 3. The quantitative estimate of drug-likeness (QED) is 0.824. The first kappa shape index (κ1) is 12.5. The van der Waals surface area contributed by atoms with E-state index in [1.54, 1.807) is 24.3 Å². The summed E-state index contributed by atoms with van der Waals surface area (Å²) in [5.41, 5.74) is 5.90. The lowest BCUT2D eigenvalue weighted by Crippen LogP contribution is -2.24. The largest absolute Gasteiger partial charge is 0.366 e. The average Bonchev–Trinajstić information content (AvgIpc) is 2.39. The van der Waals surface area contributed by atoms with E-state index in [-0.39, 0.29) is 23.0 Å². The zero-order chi connectivity index (χ0) is 13.1. The van der Waals surface area contributed by atoms with E-state index in [4.69, 9.17) is 5.73 Å². The van der Waals surface area contributed by atoms with Crippen LogP contribution in [0.5, 0.6) is 0 Å². The number of rotatable bonds is 3. The zero-order valence-corrected chi connectivity index (χ0v) is 10.0. The molecule has 0 spiro atoms. The molecule has 0 saturated heterocycles. The molecule has 1 aliphatic carbocycles. The van der Waals surface area contributed by atoms with Gasteiger partial charge in [0, 0.05) is 29.9 Å². The second kappa shape index (κ2) is 5.12. The van der Waals surface area contributed by atoms with Crippen LogP contribution in [0.4, 0.5) is 0 Å². The van der Waals surface area contributed by atoms with E-state index in [1.807, 2.05) is 0 Å². The number of ketones is 2. The Labute approximate surface area is 105 Å². The van der Waals surface area contributed by atoms with Crippen LogP contribution in [-0.2, 0) is 4.79 Å². The molecule has 1 amide bonds. The second-order valence-electron chi connectivity index (χ2n) is 4.59. The standard InChI is InChI=1S/C14H15NO3/c15-14(18)12-4-2-1-3-11(12)13(17)9-5-7-10(16)8-6-9/h1-4,9H,5-8H2,(H2,15,18). The van der Waals surface area contributed by atoms with Gasteiger partial charge in [0.05, 0.1) is 0 Å². The summed E-state index contributed by atoms with van der Waals surface area (Å²) >= 11 is 0. The van der Waals surface area contributed by atoms with Gasteiger partial charge in [-0.25, -0.2) is 0 Å². The smallest absolute Gasteiger partial charge is 0.249 e. The Bertz CT molecular complexity index is 498. The second-order valence-corrected chi connectivity index (χ2v) is 4.59. The maximum absolute atomic E-state index is 12.3. The normalized spacial score (nSPS) is 16.6. The molecule has 1 fully saturated rings.